The van der Waals surface area contributed by atoms with E-state index in [9.17, 15) is 0 Å². The van der Waals surface area contributed by atoms with Gasteiger partial charge in [0.05, 0.1) is 0 Å². The van der Waals surface area contributed by atoms with Crippen molar-refractivity contribution in [2.75, 3.05) is 31.5 Å². The van der Waals surface area contributed by atoms with Gasteiger partial charge in [-0.05, 0) is 43.4 Å². The molecule has 3 nitrogen and oxygen atoms in total. The lowest BCUT2D eigenvalue weighted by Gasteiger charge is -2.19. The fourth-order valence-corrected chi connectivity index (χ4v) is 2.20. The van der Waals surface area contributed by atoms with Gasteiger partial charge in [-0.3, -0.25) is 0 Å². The van der Waals surface area contributed by atoms with Crippen molar-refractivity contribution >= 4 is 23.0 Å². The topological polar surface area (TPSA) is 27.3 Å². The Kier molecular flexibility index (Phi) is 7.45. The first-order valence-electron chi connectivity index (χ1n) is 7.06. The molecule has 106 valence electrons. The molecule has 0 atom stereocenters. The highest BCUT2D eigenvalue weighted by atomic mass is 32.1. The molecule has 0 spiro atoms. The summed E-state index contributed by atoms with van der Waals surface area (Å²) in [7, 11) is 0. The number of nitrogens with one attached hydrogen (secondary N) is 2. The van der Waals surface area contributed by atoms with Gasteiger partial charge < -0.3 is 15.5 Å². The Morgan fingerprint density at radius 3 is 2.47 bits per heavy atom. The third kappa shape index (κ3) is 5.57. The average Bonchev–Trinajstić information content (AvgIpc) is 2.44. The molecular weight excluding hydrogens is 254 g/mol. The van der Waals surface area contributed by atoms with Crippen LogP contribution in [-0.4, -0.2) is 36.2 Å². The monoisotopic (exact) mass is 279 g/mol. The van der Waals surface area contributed by atoms with Crippen molar-refractivity contribution < 1.29 is 0 Å². The van der Waals surface area contributed by atoms with E-state index in [2.05, 4.69) is 54.5 Å². The SMILES string of the molecule is CCc1ccccc1NC(=S)NCCN(CC)CC. The van der Waals surface area contributed by atoms with Crippen LogP contribution < -0.4 is 10.6 Å². The first kappa shape index (κ1) is 15.9. The standard InChI is InChI=1S/C15H25N3S/c1-4-13-9-7-8-10-14(13)17-15(19)16-11-12-18(5-2)6-3/h7-10H,4-6,11-12H2,1-3H3,(H2,16,17,19). The van der Waals surface area contributed by atoms with Crippen molar-refractivity contribution in [3.63, 3.8) is 0 Å². The van der Waals surface area contributed by atoms with E-state index < -0.39 is 0 Å². The van der Waals surface area contributed by atoms with Crippen molar-refractivity contribution in [3.05, 3.63) is 29.8 Å². The molecule has 0 aliphatic rings. The Bertz CT molecular complexity index is 389. The lowest BCUT2D eigenvalue weighted by molar-refractivity contribution is 0.308. The quantitative estimate of drug-likeness (QED) is 0.751. The molecule has 0 aromatic heterocycles. The van der Waals surface area contributed by atoms with Crippen molar-refractivity contribution in [2.45, 2.75) is 27.2 Å². The number of aryl methyl sites for hydroxylation is 1. The second-order valence-electron chi connectivity index (χ2n) is 4.42. The third-order valence-corrected chi connectivity index (χ3v) is 3.50. The summed E-state index contributed by atoms with van der Waals surface area (Å²) >= 11 is 5.33. The third-order valence-electron chi connectivity index (χ3n) is 3.25. The molecule has 0 saturated heterocycles. The van der Waals surface area contributed by atoms with Crippen molar-refractivity contribution in [3.8, 4) is 0 Å². The lowest BCUT2D eigenvalue weighted by Crippen LogP contribution is -2.36. The number of likely N-dealkylation sites (N-methyl/N-ethyl adjacent to an activating group) is 1. The van der Waals surface area contributed by atoms with E-state index in [1.807, 2.05) is 6.07 Å². The van der Waals surface area contributed by atoms with Crippen molar-refractivity contribution in [1.29, 1.82) is 0 Å². The minimum Gasteiger partial charge on any atom is -0.361 e. The Morgan fingerprint density at radius 2 is 1.84 bits per heavy atom. The first-order chi connectivity index (χ1) is 9.21. The van der Waals surface area contributed by atoms with E-state index in [-0.39, 0.29) is 0 Å². The van der Waals surface area contributed by atoms with Crippen molar-refractivity contribution in [2.24, 2.45) is 0 Å². The largest absolute Gasteiger partial charge is 0.361 e. The summed E-state index contributed by atoms with van der Waals surface area (Å²) in [6.45, 7) is 10.6. The smallest absolute Gasteiger partial charge is 0.170 e. The van der Waals surface area contributed by atoms with Crippen molar-refractivity contribution in [1.82, 2.24) is 10.2 Å². The molecule has 0 aliphatic carbocycles. The number of benzene rings is 1. The van der Waals surface area contributed by atoms with Crippen LogP contribution in [0.1, 0.15) is 26.3 Å². The Balaban J connectivity index is 2.39. The molecular formula is C15H25N3S. The second kappa shape index (κ2) is 8.88. The summed E-state index contributed by atoms with van der Waals surface area (Å²) in [6.07, 6.45) is 1.01. The van der Waals surface area contributed by atoms with Crippen LogP contribution >= 0.6 is 12.2 Å². The molecule has 4 heteroatoms. The van der Waals surface area contributed by atoms with Crippen LogP contribution in [0.15, 0.2) is 24.3 Å². The second-order valence-corrected chi connectivity index (χ2v) is 4.83. The van der Waals surface area contributed by atoms with E-state index in [0.29, 0.717) is 5.11 Å². The van der Waals surface area contributed by atoms with Gasteiger partial charge in [0.15, 0.2) is 5.11 Å². The normalized spacial score (nSPS) is 10.5. The van der Waals surface area contributed by atoms with Gasteiger partial charge in [0.2, 0.25) is 0 Å². The van der Waals surface area contributed by atoms with Crippen LogP contribution in [-0.2, 0) is 6.42 Å². The van der Waals surface area contributed by atoms with E-state index in [4.69, 9.17) is 12.2 Å². The van der Waals surface area contributed by atoms with E-state index in [0.717, 1.165) is 38.3 Å². The Hall–Kier alpha value is -1.13. The number of anilines is 1. The molecule has 1 aromatic carbocycles. The summed E-state index contributed by atoms with van der Waals surface area (Å²) < 4.78 is 0. The summed E-state index contributed by atoms with van der Waals surface area (Å²) in [6, 6.07) is 8.28. The zero-order chi connectivity index (χ0) is 14.1. The maximum atomic E-state index is 5.33. The minimum atomic E-state index is 0.702. The predicted molar refractivity (Wildman–Crippen MR) is 87.8 cm³/mol. The van der Waals surface area contributed by atoms with Crippen LogP contribution in [0, 0.1) is 0 Å². The summed E-state index contributed by atoms with van der Waals surface area (Å²) in [5.41, 5.74) is 2.39. The highest BCUT2D eigenvalue weighted by Gasteiger charge is 2.03. The molecule has 1 aromatic rings. The van der Waals surface area contributed by atoms with Gasteiger partial charge in [0.25, 0.3) is 0 Å². The number of para-hydroxylation sites is 1. The van der Waals surface area contributed by atoms with Gasteiger partial charge >= 0.3 is 0 Å². The van der Waals surface area contributed by atoms with Gasteiger partial charge in [0.1, 0.15) is 0 Å². The maximum absolute atomic E-state index is 5.33. The van der Waals surface area contributed by atoms with Crippen LogP contribution in [0.5, 0.6) is 0 Å². The van der Waals surface area contributed by atoms with E-state index in [1.54, 1.807) is 0 Å². The molecule has 0 unspecified atom stereocenters. The Morgan fingerprint density at radius 1 is 1.16 bits per heavy atom. The highest BCUT2D eigenvalue weighted by molar-refractivity contribution is 7.80. The molecule has 0 radical (unpaired) electrons. The van der Waals surface area contributed by atoms with E-state index in [1.165, 1.54) is 5.56 Å². The van der Waals surface area contributed by atoms with Gasteiger partial charge in [-0.1, -0.05) is 39.0 Å². The lowest BCUT2D eigenvalue weighted by atomic mass is 10.1. The van der Waals surface area contributed by atoms with Gasteiger partial charge in [0, 0.05) is 18.8 Å². The molecule has 0 bridgehead atoms. The molecule has 2 N–H and O–H groups in total. The molecule has 0 saturated carbocycles. The highest BCUT2D eigenvalue weighted by Crippen LogP contribution is 2.14. The number of hydrogen-bond donors (Lipinski definition) is 2. The number of thiocarbonyl (C=S) groups is 1. The summed E-state index contributed by atoms with van der Waals surface area (Å²) in [5.74, 6) is 0. The fourth-order valence-electron chi connectivity index (χ4n) is 1.98. The first-order valence-corrected chi connectivity index (χ1v) is 7.47. The average molecular weight is 279 g/mol. The summed E-state index contributed by atoms with van der Waals surface area (Å²) in [5, 5.41) is 7.24. The number of hydrogen-bond acceptors (Lipinski definition) is 2. The predicted octanol–water partition coefficient (Wildman–Crippen LogP) is 2.88. The maximum Gasteiger partial charge on any atom is 0.170 e. The number of rotatable bonds is 7. The van der Waals surface area contributed by atoms with Crippen LogP contribution in [0.3, 0.4) is 0 Å². The molecule has 0 aliphatic heterocycles. The molecule has 0 amide bonds. The zero-order valence-corrected chi connectivity index (χ0v) is 13.0. The summed E-state index contributed by atoms with van der Waals surface area (Å²) in [4.78, 5) is 2.37. The Labute approximate surface area is 122 Å². The van der Waals surface area contributed by atoms with Gasteiger partial charge in [-0.15, -0.1) is 0 Å². The molecule has 0 heterocycles. The van der Waals surface area contributed by atoms with Crippen LogP contribution in [0.25, 0.3) is 0 Å². The zero-order valence-electron chi connectivity index (χ0n) is 12.2. The minimum absolute atomic E-state index is 0.702. The molecule has 0 fully saturated rings. The van der Waals surface area contributed by atoms with Crippen LogP contribution in [0.4, 0.5) is 5.69 Å². The molecule has 1 rings (SSSR count). The van der Waals surface area contributed by atoms with Gasteiger partial charge in [-0.2, -0.15) is 0 Å². The fraction of sp³-hybridized carbons (Fsp3) is 0.533. The van der Waals surface area contributed by atoms with Gasteiger partial charge in [-0.25, -0.2) is 0 Å². The molecule has 19 heavy (non-hydrogen) atoms. The van der Waals surface area contributed by atoms with Crippen LogP contribution in [0.2, 0.25) is 0 Å². The van der Waals surface area contributed by atoms with E-state index >= 15 is 0 Å². The number of nitrogens with zero attached hydrogens (tertiary/aromatic N) is 1.